The molecule has 6 nitrogen and oxygen atoms in total. The van der Waals surface area contributed by atoms with E-state index in [0.29, 0.717) is 13.2 Å². The summed E-state index contributed by atoms with van der Waals surface area (Å²) in [6, 6.07) is 11.4. The zero-order valence-electron chi connectivity index (χ0n) is 17.0. The highest BCUT2D eigenvalue weighted by Gasteiger charge is 2.16. The molecule has 162 valence electrons. The number of halogens is 2. The number of anilines is 2. The number of nitrogens with one attached hydrogen (secondary N) is 1. The fourth-order valence-corrected chi connectivity index (χ4v) is 4.26. The van der Waals surface area contributed by atoms with E-state index in [-0.39, 0.29) is 5.69 Å². The fourth-order valence-electron chi connectivity index (χ4n) is 3.57. The lowest BCUT2D eigenvalue weighted by Crippen LogP contribution is -2.36. The molecule has 0 bridgehead atoms. The average molecular weight is 452 g/mol. The van der Waals surface area contributed by atoms with E-state index < -0.39 is 11.6 Å². The standard InChI is InChI=1S/C23H19F2N5OS/c24-17-2-4-22(20(25)11-17)29-32-18-9-16(12-26-13-18)15-1-3-21-19(10-15)23(28-14-27-21)30-5-7-31-8-6-30/h1-4,9-14,29H,5-8H2. The predicted molar refractivity (Wildman–Crippen MR) is 122 cm³/mol. The Bertz CT molecular complexity index is 1270. The quantitative estimate of drug-likeness (QED) is 0.432. The van der Waals surface area contributed by atoms with Gasteiger partial charge in [-0.2, -0.15) is 0 Å². The first-order valence-corrected chi connectivity index (χ1v) is 10.9. The van der Waals surface area contributed by atoms with E-state index in [0.717, 1.165) is 51.9 Å². The van der Waals surface area contributed by atoms with Crippen LogP contribution in [0.15, 0.2) is 66.1 Å². The van der Waals surface area contributed by atoms with Crippen molar-refractivity contribution in [3.8, 4) is 11.1 Å². The lowest BCUT2D eigenvalue weighted by atomic mass is 10.0. The molecular formula is C23H19F2N5OS. The number of ether oxygens (including phenoxy) is 1. The molecule has 1 aliphatic heterocycles. The van der Waals surface area contributed by atoms with Crippen LogP contribution in [-0.2, 0) is 4.74 Å². The highest BCUT2D eigenvalue weighted by atomic mass is 32.2. The molecule has 0 radical (unpaired) electrons. The van der Waals surface area contributed by atoms with Crippen LogP contribution in [0.4, 0.5) is 20.3 Å². The first kappa shape index (κ1) is 20.6. The molecule has 0 unspecified atom stereocenters. The normalized spacial score (nSPS) is 14.0. The van der Waals surface area contributed by atoms with Crippen molar-refractivity contribution in [2.45, 2.75) is 4.90 Å². The van der Waals surface area contributed by atoms with Gasteiger partial charge in [-0.25, -0.2) is 18.7 Å². The Kier molecular flexibility index (Phi) is 5.83. The van der Waals surface area contributed by atoms with Gasteiger partial charge in [0.1, 0.15) is 23.8 Å². The molecule has 1 N–H and O–H groups in total. The third kappa shape index (κ3) is 4.35. The Morgan fingerprint density at radius 3 is 2.66 bits per heavy atom. The maximum Gasteiger partial charge on any atom is 0.150 e. The number of pyridine rings is 1. The van der Waals surface area contributed by atoms with Gasteiger partial charge in [0.05, 0.1) is 24.4 Å². The molecule has 1 saturated heterocycles. The minimum Gasteiger partial charge on any atom is -0.378 e. The summed E-state index contributed by atoms with van der Waals surface area (Å²) in [7, 11) is 0. The second-order valence-electron chi connectivity index (χ2n) is 7.27. The van der Waals surface area contributed by atoms with E-state index in [4.69, 9.17) is 4.74 Å². The van der Waals surface area contributed by atoms with Gasteiger partial charge in [0.25, 0.3) is 0 Å². The summed E-state index contributed by atoms with van der Waals surface area (Å²) < 4.78 is 35.4. The lowest BCUT2D eigenvalue weighted by Gasteiger charge is -2.28. The topological polar surface area (TPSA) is 63.2 Å². The van der Waals surface area contributed by atoms with Gasteiger partial charge in [0.2, 0.25) is 0 Å². The average Bonchev–Trinajstić information content (AvgIpc) is 2.83. The number of aromatic nitrogens is 3. The molecule has 1 aliphatic rings. The molecule has 5 rings (SSSR count). The summed E-state index contributed by atoms with van der Waals surface area (Å²) in [5.41, 5.74) is 2.97. The molecule has 32 heavy (non-hydrogen) atoms. The SMILES string of the molecule is Fc1ccc(NSc2cncc(-c3ccc4ncnc(N5CCOCC5)c4c3)c2)c(F)c1. The van der Waals surface area contributed by atoms with Crippen molar-refractivity contribution < 1.29 is 13.5 Å². The molecular weight excluding hydrogens is 432 g/mol. The van der Waals surface area contributed by atoms with Crippen molar-refractivity contribution >= 4 is 34.4 Å². The highest BCUT2D eigenvalue weighted by molar-refractivity contribution is 8.00. The number of benzene rings is 2. The number of fused-ring (bicyclic) bond motifs is 1. The maximum atomic E-state index is 13.9. The third-order valence-electron chi connectivity index (χ3n) is 5.18. The zero-order chi connectivity index (χ0) is 21.9. The maximum absolute atomic E-state index is 13.9. The summed E-state index contributed by atoms with van der Waals surface area (Å²) in [6.45, 7) is 2.93. The Morgan fingerprint density at radius 2 is 1.81 bits per heavy atom. The Balaban J connectivity index is 1.42. The zero-order valence-corrected chi connectivity index (χ0v) is 17.8. The summed E-state index contributed by atoms with van der Waals surface area (Å²) in [5, 5.41) is 0.969. The summed E-state index contributed by atoms with van der Waals surface area (Å²) >= 11 is 1.21. The van der Waals surface area contributed by atoms with Crippen molar-refractivity contribution in [1.29, 1.82) is 0 Å². The van der Waals surface area contributed by atoms with Gasteiger partial charge in [-0.05, 0) is 47.8 Å². The van der Waals surface area contributed by atoms with Crippen molar-refractivity contribution in [2.75, 3.05) is 35.9 Å². The van der Waals surface area contributed by atoms with Crippen LogP contribution in [-0.4, -0.2) is 41.3 Å². The summed E-state index contributed by atoms with van der Waals surface area (Å²) in [6.07, 6.45) is 5.06. The Labute approximate surface area is 187 Å². The van der Waals surface area contributed by atoms with E-state index >= 15 is 0 Å². The fraction of sp³-hybridized carbons (Fsp3) is 0.174. The number of hydrogen-bond donors (Lipinski definition) is 1. The third-order valence-corrected chi connectivity index (χ3v) is 5.96. The molecule has 4 aromatic rings. The predicted octanol–water partition coefficient (Wildman–Crippen LogP) is 4.93. The number of morpholine rings is 1. The summed E-state index contributed by atoms with van der Waals surface area (Å²) in [4.78, 5) is 16.3. The van der Waals surface area contributed by atoms with Crippen LogP contribution in [0.2, 0.25) is 0 Å². The Hall–Kier alpha value is -3.30. The van der Waals surface area contributed by atoms with Crippen molar-refractivity contribution in [1.82, 2.24) is 15.0 Å². The van der Waals surface area contributed by atoms with Crippen LogP contribution >= 0.6 is 11.9 Å². The molecule has 0 aliphatic carbocycles. The molecule has 2 aromatic heterocycles. The second-order valence-corrected chi connectivity index (χ2v) is 8.15. The largest absolute Gasteiger partial charge is 0.378 e. The smallest absolute Gasteiger partial charge is 0.150 e. The molecule has 0 atom stereocenters. The van der Waals surface area contributed by atoms with E-state index in [2.05, 4.69) is 30.6 Å². The van der Waals surface area contributed by atoms with E-state index in [9.17, 15) is 8.78 Å². The summed E-state index contributed by atoms with van der Waals surface area (Å²) in [5.74, 6) is -0.364. The van der Waals surface area contributed by atoms with Gasteiger partial charge in [0, 0.05) is 47.4 Å². The number of hydrogen-bond acceptors (Lipinski definition) is 7. The molecule has 3 heterocycles. The van der Waals surface area contributed by atoms with E-state index in [1.54, 1.807) is 18.7 Å². The van der Waals surface area contributed by atoms with Crippen molar-refractivity contribution in [2.24, 2.45) is 0 Å². The van der Waals surface area contributed by atoms with Crippen LogP contribution in [0, 0.1) is 11.6 Å². The van der Waals surface area contributed by atoms with Crippen molar-refractivity contribution in [3.63, 3.8) is 0 Å². The minimum atomic E-state index is -0.646. The van der Waals surface area contributed by atoms with Gasteiger partial charge in [-0.15, -0.1) is 0 Å². The van der Waals surface area contributed by atoms with Gasteiger partial charge in [0.15, 0.2) is 0 Å². The van der Waals surface area contributed by atoms with Crippen LogP contribution in [0.25, 0.3) is 22.0 Å². The van der Waals surface area contributed by atoms with Crippen LogP contribution in [0.1, 0.15) is 0 Å². The van der Waals surface area contributed by atoms with E-state index in [1.165, 1.54) is 24.1 Å². The second kappa shape index (κ2) is 9.05. The molecule has 9 heteroatoms. The monoisotopic (exact) mass is 451 g/mol. The van der Waals surface area contributed by atoms with Crippen LogP contribution in [0.5, 0.6) is 0 Å². The first-order chi connectivity index (χ1) is 15.7. The first-order valence-electron chi connectivity index (χ1n) is 10.1. The molecule has 2 aromatic carbocycles. The number of rotatable bonds is 5. The van der Waals surface area contributed by atoms with Crippen LogP contribution < -0.4 is 9.62 Å². The van der Waals surface area contributed by atoms with Gasteiger partial charge >= 0.3 is 0 Å². The van der Waals surface area contributed by atoms with Crippen molar-refractivity contribution in [3.05, 3.63) is 72.8 Å². The van der Waals surface area contributed by atoms with Crippen LogP contribution in [0.3, 0.4) is 0 Å². The minimum absolute atomic E-state index is 0.208. The van der Waals surface area contributed by atoms with Gasteiger partial charge in [-0.1, -0.05) is 6.07 Å². The van der Waals surface area contributed by atoms with Gasteiger partial charge in [-0.3, -0.25) is 4.98 Å². The highest BCUT2D eigenvalue weighted by Crippen LogP contribution is 2.31. The molecule has 0 spiro atoms. The molecule has 1 fully saturated rings. The Morgan fingerprint density at radius 1 is 0.938 bits per heavy atom. The van der Waals surface area contributed by atoms with E-state index in [1.807, 2.05) is 18.2 Å². The number of nitrogens with zero attached hydrogens (tertiary/aromatic N) is 4. The lowest BCUT2D eigenvalue weighted by molar-refractivity contribution is 0.122. The molecule has 0 saturated carbocycles. The molecule has 0 amide bonds. The van der Waals surface area contributed by atoms with Gasteiger partial charge < -0.3 is 14.4 Å².